The molecule has 1 fully saturated rings. The number of aromatic nitrogens is 2. The second-order valence-corrected chi connectivity index (χ2v) is 6.28. The van der Waals surface area contributed by atoms with E-state index in [0.29, 0.717) is 6.04 Å². The first-order valence-electron chi connectivity index (χ1n) is 8.67. The molecule has 0 bridgehead atoms. The maximum absolute atomic E-state index is 4.62. The molecule has 124 valence electrons. The summed E-state index contributed by atoms with van der Waals surface area (Å²) in [4.78, 5) is 8.95. The minimum absolute atomic E-state index is 0.598. The molecule has 1 aliphatic carbocycles. The molecule has 0 aliphatic heterocycles. The molecule has 1 heterocycles. The van der Waals surface area contributed by atoms with Gasteiger partial charge in [0.15, 0.2) is 5.96 Å². The van der Waals surface area contributed by atoms with Crippen molar-refractivity contribution in [1.29, 1.82) is 0 Å². The first-order valence-corrected chi connectivity index (χ1v) is 8.67. The highest BCUT2D eigenvalue weighted by Gasteiger charge is 2.15. The molecule has 1 aliphatic rings. The van der Waals surface area contributed by atoms with E-state index < -0.39 is 0 Å². The highest BCUT2D eigenvalue weighted by atomic mass is 15.2. The molecular formula is C18H27N5. The zero-order chi connectivity index (χ0) is 16.1. The Morgan fingerprint density at radius 2 is 2.09 bits per heavy atom. The summed E-state index contributed by atoms with van der Waals surface area (Å²) in [6.07, 6.45) is 6.25. The monoisotopic (exact) mass is 313 g/mol. The number of hydrogen-bond donors (Lipinski definition) is 2. The number of fused-ring (bicyclic) bond motifs is 1. The molecule has 0 spiro atoms. The summed E-state index contributed by atoms with van der Waals surface area (Å²) in [5.41, 5.74) is 2.30. The maximum Gasteiger partial charge on any atom is 0.191 e. The Hall–Kier alpha value is -2.04. The number of nitrogens with one attached hydrogen (secondary N) is 2. The molecule has 5 heteroatoms. The van der Waals surface area contributed by atoms with Crippen LogP contribution in [0.5, 0.6) is 0 Å². The van der Waals surface area contributed by atoms with Crippen LogP contribution in [0.15, 0.2) is 29.3 Å². The van der Waals surface area contributed by atoms with E-state index in [1.807, 2.05) is 13.1 Å². The summed E-state index contributed by atoms with van der Waals surface area (Å²) in [6, 6.07) is 8.93. The average molecular weight is 313 g/mol. The smallest absolute Gasteiger partial charge is 0.191 e. The molecule has 0 radical (unpaired) electrons. The van der Waals surface area contributed by atoms with Crippen LogP contribution in [0.1, 0.15) is 37.9 Å². The second-order valence-electron chi connectivity index (χ2n) is 6.28. The van der Waals surface area contributed by atoms with Gasteiger partial charge in [-0.15, -0.1) is 0 Å². The van der Waals surface area contributed by atoms with Gasteiger partial charge in [0.25, 0.3) is 0 Å². The van der Waals surface area contributed by atoms with Gasteiger partial charge < -0.3 is 15.2 Å². The number of rotatable bonds is 5. The molecule has 2 aromatic rings. The summed E-state index contributed by atoms with van der Waals surface area (Å²) in [5, 5.41) is 6.95. The fraction of sp³-hybridized carbons (Fsp3) is 0.556. The van der Waals surface area contributed by atoms with Gasteiger partial charge in [0, 0.05) is 26.2 Å². The van der Waals surface area contributed by atoms with Crippen LogP contribution >= 0.6 is 0 Å². The van der Waals surface area contributed by atoms with Crippen LogP contribution in [-0.4, -0.2) is 35.1 Å². The van der Waals surface area contributed by atoms with Gasteiger partial charge in [-0.25, -0.2) is 4.98 Å². The van der Waals surface area contributed by atoms with E-state index in [2.05, 4.69) is 50.3 Å². The van der Waals surface area contributed by atoms with E-state index in [4.69, 9.17) is 0 Å². The number of nitrogens with zero attached hydrogens (tertiary/aromatic N) is 3. The van der Waals surface area contributed by atoms with Crippen LogP contribution in [0, 0.1) is 6.92 Å². The topological polar surface area (TPSA) is 54.2 Å². The second kappa shape index (κ2) is 7.49. The number of hydrogen-bond acceptors (Lipinski definition) is 2. The van der Waals surface area contributed by atoms with Gasteiger partial charge >= 0.3 is 0 Å². The third kappa shape index (κ3) is 3.84. The fourth-order valence-electron chi connectivity index (χ4n) is 3.38. The van der Waals surface area contributed by atoms with Crippen molar-refractivity contribution in [2.75, 3.05) is 13.6 Å². The van der Waals surface area contributed by atoms with Crippen molar-refractivity contribution in [2.45, 2.75) is 51.6 Å². The Labute approximate surface area is 138 Å². The van der Waals surface area contributed by atoms with Crippen molar-refractivity contribution in [3.8, 4) is 0 Å². The Bertz CT molecular complexity index is 667. The Kier molecular flexibility index (Phi) is 5.16. The lowest BCUT2D eigenvalue weighted by Crippen LogP contribution is -2.42. The summed E-state index contributed by atoms with van der Waals surface area (Å²) in [6.45, 7) is 3.96. The molecule has 1 aromatic carbocycles. The Morgan fingerprint density at radius 3 is 2.87 bits per heavy atom. The van der Waals surface area contributed by atoms with Gasteiger partial charge in [0.1, 0.15) is 5.82 Å². The van der Waals surface area contributed by atoms with Crippen molar-refractivity contribution >= 4 is 17.0 Å². The van der Waals surface area contributed by atoms with Crippen LogP contribution < -0.4 is 10.6 Å². The molecular weight excluding hydrogens is 286 g/mol. The number of benzene rings is 1. The van der Waals surface area contributed by atoms with Crippen LogP contribution in [0.2, 0.25) is 0 Å². The van der Waals surface area contributed by atoms with Crippen molar-refractivity contribution in [3.05, 3.63) is 30.1 Å². The van der Waals surface area contributed by atoms with E-state index in [1.54, 1.807) is 0 Å². The Balaban J connectivity index is 1.49. The summed E-state index contributed by atoms with van der Waals surface area (Å²) in [5.74, 6) is 2.02. The van der Waals surface area contributed by atoms with E-state index in [-0.39, 0.29) is 0 Å². The Morgan fingerprint density at radius 1 is 1.30 bits per heavy atom. The predicted molar refractivity (Wildman–Crippen MR) is 95.8 cm³/mol. The van der Waals surface area contributed by atoms with Crippen molar-refractivity contribution in [3.63, 3.8) is 0 Å². The molecule has 3 rings (SSSR count). The normalized spacial score (nSPS) is 16.2. The minimum Gasteiger partial charge on any atom is -0.356 e. The third-order valence-corrected chi connectivity index (χ3v) is 4.62. The van der Waals surface area contributed by atoms with Crippen LogP contribution in [0.25, 0.3) is 11.0 Å². The summed E-state index contributed by atoms with van der Waals surface area (Å²) >= 11 is 0. The van der Waals surface area contributed by atoms with Crippen LogP contribution in [0.4, 0.5) is 0 Å². The predicted octanol–water partition coefficient (Wildman–Crippen LogP) is 2.84. The molecule has 5 nitrogen and oxygen atoms in total. The molecule has 1 saturated carbocycles. The standard InChI is InChI=1S/C18H27N5/c1-14-21-16-10-5-6-11-17(16)23(14)13-7-12-20-18(19-2)22-15-8-3-4-9-15/h5-6,10-11,15H,3-4,7-9,12-13H2,1-2H3,(H2,19,20,22). The maximum atomic E-state index is 4.62. The highest BCUT2D eigenvalue weighted by molar-refractivity contribution is 5.80. The first kappa shape index (κ1) is 15.8. The van der Waals surface area contributed by atoms with Gasteiger partial charge in [-0.1, -0.05) is 25.0 Å². The third-order valence-electron chi connectivity index (χ3n) is 4.62. The zero-order valence-electron chi connectivity index (χ0n) is 14.2. The molecule has 0 atom stereocenters. The molecule has 2 N–H and O–H groups in total. The lowest BCUT2D eigenvalue weighted by molar-refractivity contribution is 0.594. The van der Waals surface area contributed by atoms with Gasteiger partial charge in [0.2, 0.25) is 0 Å². The number of guanidine groups is 1. The number of para-hydroxylation sites is 2. The molecule has 23 heavy (non-hydrogen) atoms. The van der Waals surface area contributed by atoms with Gasteiger partial charge in [-0.2, -0.15) is 0 Å². The van der Waals surface area contributed by atoms with Gasteiger partial charge in [-0.3, -0.25) is 4.99 Å². The first-order chi connectivity index (χ1) is 11.3. The zero-order valence-corrected chi connectivity index (χ0v) is 14.2. The lowest BCUT2D eigenvalue weighted by Gasteiger charge is -2.17. The molecule has 0 saturated heterocycles. The van der Waals surface area contributed by atoms with Crippen LogP contribution in [-0.2, 0) is 6.54 Å². The number of imidazole rings is 1. The van der Waals surface area contributed by atoms with Gasteiger partial charge in [0.05, 0.1) is 11.0 Å². The van der Waals surface area contributed by atoms with E-state index >= 15 is 0 Å². The summed E-state index contributed by atoms with van der Waals surface area (Å²) < 4.78 is 2.30. The van der Waals surface area contributed by atoms with E-state index in [1.165, 1.54) is 31.2 Å². The number of aryl methyl sites for hydroxylation is 2. The lowest BCUT2D eigenvalue weighted by atomic mass is 10.2. The summed E-state index contributed by atoms with van der Waals surface area (Å²) in [7, 11) is 1.85. The average Bonchev–Trinajstić information content (AvgIpc) is 3.18. The minimum atomic E-state index is 0.598. The van der Waals surface area contributed by atoms with Gasteiger partial charge in [-0.05, 0) is 38.3 Å². The molecule has 1 aromatic heterocycles. The van der Waals surface area contributed by atoms with Crippen molar-refractivity contribution in [2.24, 2.45) is 4.99 Å². The quantitative estimate of drug-likeness (QED) is 0.507. The fourth-order valence-corrected chi connectivity index (χ4v) is 3.38. The molecule has 0 unspecified atom stereocenters. The van der Waals surface area contributed by atoms with E-state index in [9.17, 15) is 0 Å². The molecule has 0 amide bonds. The van der Waals surface area contributed by atoms with Crippen LogP contribution in [0.3, 0.4) is 0 Å². The number of aliphatic imine (C=N–C) groups is 1. The van der Waals surface area contributed by atoms with Crippen molar-refractivity contribution < 1.29 is 0 Å². The van der Waals surface area contributed by atoms with Crippen molar-refractivity contribution in [1.82, 2.24) is 20.2 Å². The largest absolute Gasteiger partial charge is 0.356 e. The SMILES string of the molecule is CN=C(NCCCn1c(C)nc2ccccc21)NC1CCCC1. The highest BCUT2D eigenvalue weighted by Crippen LogP contribution is 2.17. The van der Waals surface area contributed by atoms with E-state index in [0.717, 1.165) is 36.8 Å².